The molecule has 4 aromatic rings. The number of Topliss-reactive ketones (excluding diaryl/α,β-unsaturated/α-hetero) is 1. The molecular weight excluding hydrogens is 734 g/mol. The second-order valence-corrected chi connectivity index (χ2v) is 14.9. The molecule has 15 heteroatoms. The van der Waals surface area contributed by atoms with Crippen LogP contribution in [0.15, 0.2) is 72.9 Å². The summed E-state index contributed by atoms with van der Waals surface area (Å²) in [6.45, 7) is 5.06. The summed E-state index contributed by atoms with van der Waals surface area (Å²) in [5, 5.41) is 15.5. The van der Waals surface area contributed by atoms with Crippen molar-refractivity contribution in [3.63, 3.8) is 0 Å². The van der Waals surface area contributed by atoms with E-state index in [-0.39, 0.29) is 29.5 Å². The summed E-state index contributed by atoms with van der Waals surface area (Å²) in [6.07, 6.45) is 5.10. The number of methoxy groups -OCH3 is 1. The van der Waals surface area contributed by atoms with Crippen molar-refractivity contribution >= 4 is 69.6 Å². The van der Waals surface area contributed by atoms with Crippen LogP contribution in [0.5, 0.6) is 5.75 Å². The Morgan fingerprint density at radius 2 is 1.73 bits per heavy atom. The molecule has 292 valence electrons. The fourth-order valence-electron chi connectivity index (χ4n) is 7.54. The van der Waals surface area contributed by atoms with Gasteiger partial charge in [0.2, 0.25) is 23.7 Å². The van der Waals surface area contributed by atoms with Gasteiger partial charge in [0, 0.05) is 48.6 Å². The van der Waals surface area contributed by atoms with Crippen LogP contribution < -0.4 is 36.2 Å². The number of carbonyl (C=O) groups excluding carboxylic acids is 4. The Bertz CT molecular complexity index is 2090. The molecule has 1 unspecified atom stereocenters. The summed E-state index contributed by atoms with van der Waals surface area (Å²) in [6, 6.07) is 20.9. The summed E-state index contributed by atoms with van der Waals surface area (Å²) in [5.41, 5.74) is 4.88. The number of aromatic nitrogens is 2. The lowest BCUT2D eigenvalue weighted by molar-refractivity contribution is -0.133. The van der Waals surface area contributed by atoms with Crippen LogP contribution in [0.4, 0.5) is 34.5 Å². The van der Waals surface area contributed by atoms with E-state index in [9.17, 15) is 19.2 Å². The van der Waals surface area contributed by atoms with Gasteiger partial charge in [-0.15, -0.1) is 0 Å². The fraction of sp³-hybridized carbons (Fsp3) is 0.366. The molecule has 2 atom stereocenters. The number of piperidine rings is 2. The average Bonchev–Trinajstić information content (AvgIpc) is 3.66. The number of halogens is 1. The predicted octanol–water partition coefficient (Wildman–Crippen LogP) is 5.62. The summed E-state index contributed by atoms with van der Waals surface area (Å²) in [4.78, 5) is 62.1. The van der Waals surface area contributed by atoms with Gasteiger partial charge in [-0.3, -0.25) is 29.4 Å². The van der Waals surface area contributed by atoms with Crippen LogP contribution >= 0.6 is 11.6 Å². The molecule has 56 heavy (non-hydrogen) atoms. The Morgan fingerprint density at radius 1 is 0.946 bits per heavy atom. The summed E-state index contributed by atoms with van der Waals surface area (Å²) in [5.74, 6) is 1.13. The highest BCUT2D eigenvalue weighted by Gasteiger charge is 2.28. The second-order valence-electron chi connectivity index (χ2n) is 14.4. The maximum absolute atomic E-state index is 13.1. The lowest BCUT2D eigenvalue weighted by Gasteiger charge is -2.32. The Labute approximate surface area is 330 Å². The van der Waals surface area contributed by atoms with Gasteiger partial charge in [0.05, 0.1) is 31.2 Å². The zero-order valence-electron chi connectivity index (χ0n) is 31.4. The van der Waals surface area contributed by atoms with Crippen molar-refractivity contribution in [2.45, 2.75) is 57.0 Å². The molecule has 0 saturated carbocycles. The number of hydrogen-bond donors (Lipinski definition) is 5. The van der Waals surface area contributed by atoms with E-state index in [0.29, 0.717) is 71.3 Å². The van der Waals surface area contributed by atoms with Crippen LogP contribution in [-0.4, -0.2) is 90.3 Å². The molecule has 0 bridgehead atoms. The van der Waals surface area contributed by atoms with Crippen LogP contribution in [0.1, 0.15) is 60.9 Å². The van der Waals surface area contributed by atoms with Gasteiger partial charge in [-0.05, 0) is 93.6 Å². The fourth-order valence-corrected chi connectivity index (χ4v) is 7.68. The molecule has 1 aromatic heterocycles. The van der Waals surface area contributed by atoms with Crippen LogP contribution in [0.2, 0.25) is 5.02 Å². The number of anilines is 6. The highest BCUT2D eigenvalue weighted by molar-refractivity contribution is 6.33. The van der Waals surface area contributed by atoms with Crippen LogP contribution in [0, 0.1) is 0 Å². The first-order valence-corrected chi connectivity index (χ1v) is 19.3. The summed E-state index contributed by atoms with van der Waals surface area (Å²) >= 11 is 6.41. The van der Waals surface area contributed by atoms with Crippen LogP contribution in [0.3, 0.4) is 0 Å². The van der Waals surface area contributed by atoms with Crippen molar-refractivity contribution in [1.29, 1.82) is 0 Å². The highest BCUT2D eigenvalue weighted by Crippen LogP contribution is 2.34. The van der Waals surface area contributed by atoms with Gasteiger partial charge < -0.3 is 30.9 Å². The Balaban J connectivity index is 0.873. The average molecular weight is 780 g/mol. The zero-order chi connectivity index (χ0) is 39.2. The van der Waals surface area contributed by atoms with Gasteiger partial charge in [0.15, 0.2) is 11.6 Å². The Hall–Kier alpha value is -5.73. The standard InChI is InChI=1S/C41H46ClN9O5/c1-25(52)31-5-3-4-6-33(31)46-39-32(42)22-43-41(49-39)47-34-12-11-30(21-36(34)56-2)51-20-17-29(23-51)45-38(54)24-50-18-15-27(16-19-50)26-7-9-28(10-8-26)44-35-13-14-37(53)48-40(35)55/h3-12,21-22,27,29,35,44H,13-20,23-24H2,1-2H3,(H,45,54)(H,48,53,55)(H2,43,46,47,49)/t29-,35?/m0/s1. The van der Waals surface area contributed by atoms with Crippen molar-refractivity contribution in [3.05, 3.63) is 89.1 Å². The third kappa shape index (κ3) is 9.37. The number of rotatable bonds is 13. The minimum absolute atomic E-state index is 0.0395. The van der Waals surface area contributed by atoms with Gasteiger partial charge >= 0.3 is 0 Å². The zero-order valence-corrected chi connectivity index (χ0v) is 32.2. The molecule has 0 aliphatic carbocycles. The van der Waals surface area contributed by atoms with Gasteiger partial charge in [-0.25, -0.2) is 4.98 Å². The molecule has 4 heterocycles. The molecule has 5 N–H and O–H groups in total. The maximum atomic E-state index is 13.1. The number of nitrogens with zero attached hydrogens (tertiary/aromatic N) is 4. The highest BCUT2D eigenvalue weighted by atomic mass is 35.5. The third-order valence-corrected chi connectivity index (χ3v) is 10.8. The first-order chi connectivity index (χ1) is 27.1. The van der Waals surface area contributed by atoms with E-state index < -0.39 is 6.04 Å². The molecule has 3 aliphatic rings. The van der Waals surface area contributed by atoms with E-state index in [1.165, 1.54) is 18.7 Å². The lowest BCUT2D eigenvalue weighted by atomic mass is 9.89. The minimum atomic E-state index is -0.402. The van der Waals surface area contributed by atoms with E-state index in [0.717, 1.165) is 50.3 Å². The first kappa shape index (κ1) is 38.5. The number of para-hydroxylation sites is 1. The van der Waals surface area contributed by atoms with Crippen LogP contribution in [-0.2, 0) is 14.4 Å². The monoisotopic (exact) mass is 779 g/mol. The molecule has 3 aromatic carbocycles. The minimum Gasteiger partial charge on any atom is -0.494 e. The lowest BCUT2D eigenvalue weighted by Crippen LogP contribution is -2.47. The number of ether oxygens (including phenoxy) is 1. The largest absolute Gasteiger partial charge is 0.494 e. The smallest absolute Gasteiger partial charge is 0.249 e. The molecular formula is C41H46ClN9O5. The van der Waals surface area contributed by atoms with E-state index in [2.05, 4.69) is 58.5 Å². The van der Waals surface area contributed by atoms with Crippen LogP contribution in [0.25, 0.3) is 0 Å². The number of likely N-dealkylation sites (tertiary alicyclic amines) is 1. The molecule has 3 aliphatic heterocycles. The topological polar surface area (TPSA) is 170 Å². The molecule has 0 radical (unpaired) electrons. The number of hydrogen-bond acceptors (Lipinski definition) is 12. The number of amides is 3. The van der Waals surface area contributed by atoms with Crippen molar-refractivity contribution in [3.8, 4) is 5.75 Å². The second kappa shape index (κ2) is 17.4. The normalized spacial score (nSPS) is 18.9. The maximum Gasteiger partial charge on any atom is 0.249 e. The van der Waals surface area contributed by atoms with E-state index >= 15 is 0 Å². The molecule has 3 fully saturated rings. The van der Waals surface area contributed by atoms with E-state index in [1.54, 1.807) is 25.3 Å². The molecule has 14 nitrogen and oxygen atoms in total. The molecule has 3 saturated heterocycles. The Morgan fingerprint density at radius 3 is 2.48 bits per heavy atom. The Kier molecular flexibility index (Phi) is 12.0. The van der Waals surface area contributed by atoms with E-state index in [4.69, 9.17) is 16.3 Å². The molecule has 7 rings (SSSR count). The van der Waals surface area contributed by atoms with Crippen molar-refractivity contribution in [1.82, 2.24) is 25.5 Å². The van der Waals surface area contributed by atoms with E-state index in [1.807, 2.05) is 36.4 Å². The van der Waals surface area contributed by atoms with Crippen molar-refractivity contribution in [2.75, 3.05) is 60.7 Å². The first-order valence-electron chi connectivity index (χ1n) is 18.9. The summed E-state index contributed by atoms with van der Waals surface area (Å²) < 4.78 is 5.74. The SMILES string of the molecule is COc1cc(N2CC[C@H](NC(=O)CN3CCC(c4ccc(NC5CCC(=O)NC5=O)cc4)CC3)C2)ccc1Nc1ncc(Cl)c(Nc2ccccc2C(C)=O)n1. The number of imide groups is 1. The number of nitrogens with one attached hydrogen (secondary N) is 5. The van der Waals surface area contributed by atoms with Crippen molar-refractivity contribution in [2.24, 2.45) is 0 Å². The van der Waals surface area contributed by atoms with Gasteiger partial charge in [0.1, 0.15) is 16.8 Å². The number of benzene rings is 3. The van der Waals surface area contributed by atoms with Gasteiger partial charge in [-0.2, -0.15) is 4.98 Å². The number of ketones is 1. The number of carbonyl (C=O) groups is 4. The van der Waals surface area contributed by atoms with Crippen molar-refractivity contribution < 1.29 is 23.9 Å². The molecule has 3 amide bonds. The third-order valence-electron chi connectivity index (χ3n) is 10.6. The quantitative estimate of drug-likeness (QED) is 0.0840. The molecule has 0 spiro atoms. The van der Waals surface area contributed by atoms with Gasteiger partial charge in [0.25, 0.3) is 0 Å². The summed E-state index contributed by atoms with van der Waals surface area (Å²) in [7, 11) is 1.61. The van der Waals surface area contributed by atoms with Gasteiger partial charge in [-0.1, -0.05) is 35.9 Å². The predicted molar refractivity (Wildman–Crippen MR) is 216 cm³/mol.